The van der Waals surface area contributed by atoms with Crippen molar-refractivity contribution in [3.8, 4) is 5.75 Å². The summed E-state index contributed by atoms with van der Waals surface area (Å²) in [6, 6.07) is 19.4. The number of hydrogen-bond donors (Lipinski definition) is 2. The minimum Gasteiger partial charge on any atom is -0.481 e. The van der Waals surface area contributed by atoms with Crippen LogP contribution in [0.3, 0.4) is 0 Å². The van der Waals surface area contributed by atoms with E-state index in [2.05, 4.69) is 10.9 Å². The number of rotatable bonds is 6. The predicted molar refractivity (Wildman–Crippen MR) is 115 cm³/mol. The number of ether oxygens (including phenoxy) is 1. The third kappa shape index (κ3) is 5.81. The number of fused-ring (bicyclic) bond motifs is 1. The number of hydrogen-bond acceptors (Lipinski definition) is 5. The molecule has 0 saturated carbocycles. The van der Waals surface area contributed by atoms with Crippen LogP contribution in [0, 0.1) is 0 Å². The van der Waals surface area contributed by atoms with Gasteiger partial charge in [0.25, 0.3) is 11.8 Å². The van der Waals surface area contributed by atoms with E-state index in [1.54, 1.807) is 25.1 Å². The van der Waals surface area contributed by atoms with Crippen LogP contribution < -0.4 is 15.6 Å². The standard InChI is InChI=1S/C22H22N2O5S/c1-15(29-20-12-11-17-5-3-4-6-19(17)13-20)21(25)23-24-22(26)18-9-7-16(8-10-18)14-30(2,27)28/h3-13,15H,14H2,1-2H3,(H,23,25)(H,24,26). The van der Waals surface area contributed by atoms with E-state index in [9.17, 15) is 18.0 Å². The second-order valence-corrected chi connectivity index (χ2v) is 9.12. The van der Waals surface area contributed by atoms with Crippen molar-refractivity contribution in [1.82, 2.24) is 10.9 Å². The Hall–Kier alpha value is -3.39. The Kier molecular flexibility index (Phi) is 6.37. The van der Waals surface area contributed by atoms with Crippen LogP contribution in [-0.2, 0) is 20.4 Å². The van der Waals surface area contributed by atoms with Crippen molar-refractivity contribution in [2.75, 3.05) is 6.26 Å². The van der Waals surface area contributed by atoms with Gasteiger partial charge in [0.1, 0.15) is 5.75 Å². The first kappa shape index (κ1) is 21.3. The summed E-state index contributed by atoms with van der Waals surface area (Å²) in [5.41, 5.74) is 5.52. The first-order valence-corrected chi connectivity index (χ1v) is 11.3. The summed E-state index contributed by atoms with van der Waals surface area (Å²) in [6.45, 7) is 1.58. The monoisotopic (exact) mass is 426 g/mol. The van der Waals surface area contributed by atoms with Crippen LogP contribution in [0.15, 0.2) is 66.7 Å². The molecule has 0 aliphatic rings. The Morgan fingerprint density at radius 3 is 2.27 bits per heavy atom. The zero-order valence-electron chi connectivity index (χ0n) is 16.6. The van der Waals surface area contributed by atoms with Crippen LogP contribution in [0.4, 0.5) is 0 Å². The molecule has 156 valence electrons. The fourth-order valence-electron chi connectivity index (χ4n) is 2.85. The lowest BCUT2D eigenvalue weighted by Gasteiger charge is -2.15. The summed E-state index contributed by atoms with van der Waals surface area (Å²) in [5.74, 6) is -0.587. The predicted octanol–water partition coefficient (Wildman–Crippen LogP) is 2.61. The number of hydrazine groups is 1. The highest BCUT2D eigenvalue weighted by atomic mass is 32.2. The molecule has 0 fully saturated rings. The van der Waals surface area contributed by atoms with Gasteiger partial charge in [0.05, 0.1) is 5.75 Å². The minimum atomic E-state index is -3.15. The molecule has 0 heterocycles. The van der Waals surface area contributed by atoms with Crippen LogP contribution in [0.1, 0.15) is 22.8 Å². The van der Waals surface area contributed by atoms with Gasteiger partial charge < -0.3 is 4.74 Å². The molecule has 0 aromatic heterocycles. The van der Waals surface area contributed by atoms with Crippen LogP contribution in [0.5, 0.6) is 5.75 Å². The van der Waals surface area contributed by atoms with Gasteiger partial charge >= 0.3 is 0 Å². The van der Waals surface area contributed by atoms with Crippen molar-refractivity contribution < 1.29 is 22.7 Å². The topological polar surface area (TPSA) is 102 Å². The van der Waals surface area contributed by atoms with E-state index in [1.807, 2.05) is 36.4 Å². The molecule has 0 aliphatic heterocycles. The van der Waals surface area contributed by atoms with E-state index in [-0.39, 0.29) is 11.3 Å². The summed E-state index contributed by atoms with van der Waals surface area (Å²) in [6.07, 6.45) is 0.313. The van der Waals surface area contributed by atoms with Crippen molar-refractivity contribution in [1.29, 1.82) is 0 Å². The van der Waals surface area contributed by atoms with Gasteiger partial charge in [-0.05, 0) is 47.5 Å². The molecule has 3 aromatic rings. The second-order valence-electron chi connectivity index (χ2n) is 6.98. The number of nitrogens with one attached hydrogen (secondary N) is 2. The van der Waals surface area contributed by atoms with E-state index in [0.717, 1.165) is 17.0 Å². The molecule has 0 radical (unpaired) electrons. The molecule has 0 spiro atoms. The summed E-state index contributed by atoms with van der Waals surface area (Å²) < 4.78 is 28.3. The van der Waals surface area contributed by atoms with E-state index < -0.39 is 27.8 Å². The fourth-order valence-corrected chi connectivity index (χ4v) is 3.64. The van der Waals surface area contributed by atoms with Crippen LogP contribution in [0.25, 0.3) is 10.8 Å². The molecular formula is C22H22N2O5S. The summed E-state index contributed by atoms with van der Waals surface area (Å²) in [7, 11) is -3.15. The lowest BCUT2D eigenvalue weighted by molar-refractivity contribution is -0.128. The number of carbonyl (C=O) groups is 2. The summed E-state index contributed by atoms with van der Waals surface area (Å²) in [5, 5.41) is 2.06. The van der Waals surface area contributed by atoms with Gasteiger partial charge in [-0.15, -0.1) is 0 Å². The molecule has 7 nitrogen and oxygen atoms in total. The van der Waals surface area contributed by atoms with Crippen LogP contribution >= 0.6 is 0 Å². The molecular weight excluding hydrogens is 404 g/mol. The van der Waals surface area contributed by atoms with Gasteiger partial charge in [0, 0.05) is 11.8 Å². The molecule has 8 heteroatoms. The lowest BCUT2D eigenvalue weighted by Crippen LogP contribution is -2.47. The fraction of sp³-hybridized carbons (Fsp3) is 0.182. The summed E-state index contributed by atoms with van der Waals surface area (Å²) in [4.78, 5) is 24.4. The average Bonchev–Trinajstić information content (AvgIpc) is 2.71. The van der Waals surface area contributed by atoms with Crippen molar-refractivity contribution in [3.05, 3.63) is 77.9 Å². The maximum atomic E-state index is 12.2. The molecule has 3 aromatic carbocycles. The Labute approximate surface area is 174 Å². The second kappa shape index (κ2) is 8.96. The smallest absolute Gasteiger partial charge is 0.279 e. The number of benzene rings is 3. The molecule has 2 N–H and O–H groups in total. The maximum Gasteiger partial charge on any atom is 0.279 e. The van der Waals surface area contributed by atoms with E-state index in [4.69, 9.17) is 4.74 Å². The Bertz CT molecular complexity index is 1170. The zero-order valence-corrected chi connectivity index (χ0v) is 17.4. The molecule has 3 rings (SSSR count). The van der Waals surface area contributed by atoms with Crippen LogP contribution in [0.2, 0.25) is 0 Å². The Morgan fingerprint density at radius 2 is 1.60 bits per heavy atom. The van der Waals surface area contributed by atoms with Gasteiger partial charge in [-0.3, -0.25) is 20.4 Å². The van der Waals surface area contributed by atoms with Gasteiger partial charge in [0.2, 0.25) is 0 Å². The maximum absolute atomic E-state index is 12.2. The molecule has 1 atom stereocenters. The summed E-state index contributed by atoms with van der Waals surface area (Å²) >= 11 is 0. The lowest BCUT2D eigenvalue weighted by atomic mass is 10.1. The largest absolute Gasteiger partial charge is 0.481 e. The van der Waals surface area contributed by atoms with Crippen LogP contribution in [-0.4, -0.2) is 32.6 Å². The van der Waals surface area contributed by atoms with E-state index >= 15 is 0 Å². The van der Waals surface area contributed by atoms with Gasteiger partial charge in [0.15, 0.2) is 15.9 Å². The number of sulfone groups is 1. The average molecular weight is 426 g/mol. The number of amides is 2. The normalized spacial score (nSPS) is 12.2. The van der Waals surface area contributed by atoms with Gasteiger partial charge in [-0.25, -0.2) is 8.42 Å². The van der Waals surface area contributed by atoms with Gasteiger partial charge in [-0.2, -0.15) is 0 Å². The zero-order chi connectivity index (χ0) is 21.7. The van der Waals surface area contributed by atoms with E-state index in [0.29, 0.717) is 11.3 Å². The Morgan fingerprint density at radius 1 is 0.933 bits per heavy atom. The van der Waals surface area contributed by atoms with Gasteiger partial charge in [-0.1, -0.05) is 42.5 Å². The molecule has 0 bridgehead atoms. The van der Waals surface area contributed by atoms with Crippen molar-refractivity contribution in [2.45, 2.75) is 18.8 Å². The SMILES string of the molecule is CC(Oc1ccc2ccccc2c1)C(=O)NNC(=O)c1ccc(CS(C)(=O)=O)cc1. The highest BCUT2D eigenvalue weighted by molar-refractivity contribution is 7.89. The molecule has 1 unspecified atom stereocenters. The highest BCUT2D eigenvalue weighted by Gasteiger charge is 2.16. The minimum absolute atomic E-state index is 0.102. The third-order valence-corrected chi connectivity index (χ3v) is 5.20. The third-order valence-electron chi connectivity index (χ3n) is 4.35. The first-order valence-electron chi connectivity index (χ1n) is 9.23. The molecule has 0 aliphatic carbocycles. The molecule has 30 heavy (non-hydrogen) atoms. The first-order chi connectivity index (χ1) is 14.2. The quantitative estimate of drug-likeness (QED) is 0.590. The Balaban J connectivity index is 1.54. The van der Waals surface area contributed by atoms with Crippen molar-refractivity contribution in [3.63, 3.8) is 0 Å². The van der Waals surface area contributed by atoms with E-state index in [1.165, 1.54) is 12.1 Å². The number of carbonyl (C=O) groups excluding carboxylic acids is 2. The van der Waals surface area contributed by atoms with Crippen molar-refractivity contribution >= 4 is 32.4 Å². The highest BCUT2D eigenvalue weighted by Crippen LogP contribution is 2.21. The van der Waals surface area contributed by atoms with Crippen molar-refractivity contribution in [2.24, 2.45) is 0 Å². The molecule has 0 saturated heterocycles. The molecule has 2 amide bonds.